The number of thioether (sulfide) groups is 1. The number of carbonyl (C=O) groups excluding carboxylic acids is 2. The van der Waals surface area contributed by atoms with Crippen molar-refractivity contribution in [3.8, 4) is 0 Å². The fourth-order valence-electron chi connectivity index (χ4n) is 2.39. The molecule has 1 aromatic rings. The summed E-state index contributed by atoms with van der Waals surface area (Å²) in [7, 11) is 0. The number of fused-ring (bicyclic) bond motifs is 1. The summed E-state index contributed by atoms with van der Waals surface area (Å²) in [6.45, 7) is 0. The van der Waals surface area contributed by atoms with E-state index in [1.54, 1.807) is 6.20 Å². The number of amides is 1. The van der Waals surface area contributed by atoms with Crippen LogP contribution < -0.4 is 10.6 Å². The molecule has 0 saturated carbocycles. The highest BCUT2D eigenvalue weighted by Crippen LogP contribution is 2.39. The van der Waals surface area contributed by atoms with Crippen molar-refractivity contribution >= 4 is 35.3 Å². The van der Waals surface area contributed by atoms with Crippen molar-refractivity contribution in [1.82, 2.24) is 4.98 Å². The molecule has 0 atom stereocenters. The second-order valence-electron chi connectivity index (χ2n) is 4.38. The van der Waals surface area contributed by atoms with Crippen molar-refractivity contribution in [3.63, 3.8) is 0 Å². The summed E-state index contributed by atoms with van der Waals surface area (Å²) >= 11 is 1.87. The Morgan fingerprint density at radius 1 is 1.35 bits per heavy atom. The molecule has 1 fully saturated rings. The van der Waals surface area contributed by atoms with Crippen LogP contribution in [0.15, 0.2) is 6.20 Å². The van der Waals surface area contributed by atoms with Gasteiger partial charge in [-0.2, -0.15) is 11.8 Å². The lowest BCUT2D eigenvalue weighted by molar-refractivity contribution is -0.120. The van der Waals surface area contributed by atoms with Crippen molar-refractivity contribution in [2.24, 2.45) is 0 Å². The molecule has 2 aliphatic heterocycles. The summed E-state index contributed by atoms with van der Waals surface area (Å²) in [5, 5.41) is 6.15. The number of nitrogens with one attached hydrogen (secondary N) is 3. The minimum Gasteiger partial charge on any atom is -0.368 e. The third kappa shape index (κ3) is 1.55. The summed E-state index contributed by atoms with van der Waals surface area (Å²) in [5.41, 5.74) is 1.33. The number of aromatic nitrogens is 1. The molecule has 0 aromatic carbocycles. The zero-order chi connectivity index (χ0) is 11.9. The molecule has 6 heteroatoms. The molecule has 0 aliphatic carbocycles. The van der Waals surface area contributed by atoms with Crippen molar-refractivity contribution in [2.45, 2.75) is 18.4 Å². The third-order valence-corrected chi connectivity index (χ3v) is 4.41. The van der Waals surface area contributed by atoms with Crippen LogP contribution in [-0.2, 0) is 4.79 Å². The van der Waals surface area contributed by atoms with E-state index in [0.29, 0.717) is 11.4 Å². The Hall–Kier alpha value is -1.43. The molecular weight excluding hydrogens is 238 g/mol. The van der Waals surface area contributed by atoms with Gasteiger partial charge in [-0.25, -0.2) is 0 Å². The molecule has 5 nitrogen and oxygen atoms in total. The van der Waals surface area contributed by atoms with Gasteiger partial charge in [0.05, 0.1) is 11.4 Å². The predicted molar refractivity (Wildman–Crippen MR) is 67.7 cm³/mol. The average Bonchev–Trinajstić information content (AvgIpc) is 2.73. The van der Waals surface area contributed by atoms with Crippen LogP contribution in [0.4, 0.5) is 11.4 Å². The average molecular weight is 251 g/mol. The molecule has 1 amide bonds. The fraction of sp³-hybridized carbons (Fsp3) is 0.455. The molecule has 2 aliphatic rings. The van der Waals surface area contributed by atoms with Crippen LogP contribution in [0, 0.1) is 0 Å². The van der Waals surface area contributed by atoms with Crippen molar-refractivity contribution in [2.75, 3.05) is 22.1 Å². The lowest BCUT2D eigenvalue weighted by atomic mass is 9.89. The van der Waals surface area contributed by atoms with Crippen molar-refractivity contribution in [1.29, 1.82) is 0 Å². The lowest BCUT2D eigenvalue weighted by Gasteiger charge is -2.40. The van der Waals surface area contributed by atoms with E-state index in [-0.39, 0.29) is 5.91 Å². The summed E-state index contributed by atoms with van der Waals surface area (Å²) in [6.07, 6.45) is 4.10. The Morgan fingerprint density at radius 2 is 2.12 bits per heavy atom. The number of anilines is 2. The first-order chi connectivity index (χ1) is 8.25. The molecule has 3 N–H and O–H groups in total. The van der Waals surface area contributed by atoms with Gasteiger partial charge in [0.15, 0.2) is 6.29 Å². The van der Waals surface area contributed by atoms with Gasteiger partial charge in [-0.15, -0.1) is 0 Å². The highest BCUT2D eigenvalue weighted by Gasteiger charge is 2.43. The van der Waals surface area contributed by atoms with Crippen LogP contribution in [0.1, 0.15) is 23.3 Å². The van der Waals surface area contributed by atoms with Gasteiger partial charge < -0.3 is 15.6 Å². The molecule has 3 heterocycles. The van der Waals surface area contributed by atoms with Gasteiger partial charge >= 0.3 is 0 Å². The van der Waals surface area contributed by atoms with E-state index in [4.69, 9.17) is 0 Å². The summed E-state index contributed by atoms with van der Waals surface area (Å²) in [6, 6.07) is 0. The Bertz CT molecular complexity index is 477. The number of aromatic amines is 1. The highest BCUT2D eigenvalue weighted by molar-refractivity contribution is 7.99. The van der Waals surface area contributed by atoms with E-state index >= 15 is 0 Å². The van der Waals surface area contributed by atoms with Gasteiger partial charge in [0.25, 0.3) is 0 Å². The molecule has 1 spiro atoms. The highest BCUT2D eigenvalue weighted by atomic mass is 32.2. The van der Waals surface area contributed by atoms with E-state index in [2.05, 4.69) is 15.6 Å². The number of aldehydes is 1. The summed E-state index contributed by atoms with van der Waals surface area (Å²) in [4.78, 5) is 25.8. The molecule has 0 bridgehead atoms. The number of rotatable bonds is 1. The predicted octanol–water partition coefficient (Wildman–Crippen LogP) is 1.46. The SMILES string of the molecule is O=Cc1[nH]cc2c1NC(=O)C1(CCSCC1)N2. The van der Waals surface area contributed by atoms with Crippen LogP contribution in [0.3, 0.4) is 0 Å². The molecule has 90 valence electrons. The maximum absolute atomic E-state index is 12.2. The Balaban J connectivity index is 1.97. The maximum atomic E-state index is 12.2. The first-order valence-electron chi connectivity index (χ1n) is 5.59. The van der Waals surface area contributed by atoms with Gasteiger partial charge in [0.1, 0.15) is 11.2 Å². The monoisotopic (exact) mass is 251 g/mol. The zero-order valence-electron chi connectivity index (χ0n) is 9.21. The Kier molecular flexibility index (Phi) is 2.39. The minimum absolute atomic E-state index is 0.0204. The maximum Gasteiger partial charge on any atom is 0.250 e. The molecule has 0 radical (unpaired) electrons. The van der Waals surface area contributed by atoms with Crippen LogP contribution in [0.25, 0.3) is 0 Å². The molecule has 1 aromatic heterocycles. The molecule has 17 heavy (non-hydrogen) atoms. The van der Waals surface area contributed by atoms with E-state index in [1.807, 2.05) is 11.8 Å². The Labute approximate surface area is 103 Å². The smallest absolute Gasteiger partial charge is 0.250 e. The lowest BCUT2D eigenvalue weighted by Crippen LogP contribution is -2.54. The number of H-pyrrole nitrogens is 1. The quantitative estimate of drug-likeness (QED) is 0.661. The van der Waals surface area contributed by atoms with Gasteiger partial charge in [-0.1, -0.05) is 0 Å². The van der Waals surface area contributed by atoms with Gasteiger partial charge in [0.2, 0.25) is 5.91 Å². The third-order valence-electron chi connectivity index (χ3n) is 3.42. The minimum atomic E-state index is -0.486. The number of hydrogen-bond donors (Lipinski definition) is 3. The summed E-state index contributed by atoms with van der Waals surface area (Å²) < 4.78 is 0. The standard InChI is InChI=1S/C11H13N3O2S/c15-6-8-9-7(5-12-8)14-11(10(16)13-9)1-3-17-4-2-11/h5-6,12,14H,1-4H2,(H,13,16). The van der Waals surface area contributed by atoms with Crippen LogP contribution in [-0.4, -0.2) is 34.2 Å². The zero-order valence-corrected chi connectivity index (χ0v) is 10.0. The van der Waals surface area contributed by atoms with Crippen molar-refractivity contribution in [3.05, 3.63) is 11.9 Å². The topological polar surface area (TPSA) is 74.0 Å². The molecule has 1 saturated heterocycles. The second-order valence-corrected chi connectivity index (χ2v) is 5.61. The summed E-state index contributed by atoms with van der Waals surface area (Å²) in [5.74, 6) is 1.95. The number of hydrogen-bond acceptors (Lipinski definition) is 4. The number of carbonyl (C=O) groups is 2. The normalized spacial score (nSPS) is 21.5. The van der Waals surface area contributed by atoms with E-state index in [1.165, 1.54) is 0 Å². The van der Waals surface area contributed by atoms with E-state index < -0.39 is 5.54 Å². The first kappa shape index (κ1) is 10.7. The molecule has 3 rings (SSSR count). The van der Waals surface area contributed by atoms with Crippen LogP contribution >= 0.6 is 11.8 Å². The second kappa shape index (κ2) is 3.80. The fourth-order valence-corrected chi connectivity index (χ4v) is 3.57. The molecular formula is C11H13N3O2S. The van der Waals surface area contributed by atoms with Gasteiger partial charge in [-0.3, -0.25) is 9.59 Å². The van der Waals surface area contributed by atoms with E-state index in [0.717, 1.165) is 36.3 Å². The Morgan fingerprint density at radius 3 is 2.82 bits per heavy atom. The largest absolute Gasteiger partial charge is 0.368 e. The van der Waals surface area contributed by atoms with Crippen LogP contribution in [0.5, 0.6) is 0 Å². The first-order valence-corrected chi connectivity index (χ1v) is 6.75. The molecule has 0 unspecified atom stereocenters. The van der Waals surface area contributed by atoms with Crippen LogP contribution in [0.2, 0.25) is 0 Å². The van der Waals surface area contributed by atoms with Gasteiger partial charge in [0, 0.05) is 6.20 Å². The van der Waals surface area contributed by atoms with E-state index in [9.17, 15) is 9.59 Å². The van der Waals surface area contributed by atoms with Gasteiger partial charge in [-0.05, 0) is 24.3 Å². The van der Waals surface area contributed by atoms with Crippen molar-refractivity contribution < 1.29 is 9.59 Å².